The number of benzene rings is 1. The van der Waals surface area contributed by atoms with Crippen LogP contribution >= 0.6 is 11.3 Å². The van der Waals surface area contributed by atoms with E-state index in [9.17, 15) is 9.18 Å². The summed E-state index contributed by atoms with van der Waals surface area (Å²) in [6.45, 7) is 0.549. The number of thiophene rings is 1. The molecule has 1 amide bonds. The van der Waals surface area contributed by atoms with Crippen molar-refractivity contribution in [1.29, 1.82) is 0 Å². The summed E-state index contributed by atoms with van der Waals surface area (Å²) in [5, 5.41) is 2.87. The second-order valence-electron chi connectivity index (χ2n) is 4.70. The van der Waals surface area contributed by atoms with Gasteiger partial charge >= 0.3 is 0 Å². The van der Waals surface area contributed by atoms with E-state index in [1.807, 2.05) is 0 Å². The molecule has 0 bridgehead atoms. The Labute approximate surface area is 115 Å². The lowest BCUT2D eigenvalue weighted by Gasteiger charge is -2.03. The molecule has 98 valence electrons. The third-order valence-electron chi connectivity index (χ3n) is 3.33. The molecule has 19 heavy (non-hydrogen) atoms. The van der Waals surface area contributed by atoms with Gasteiger partial charge < -0.3 is 5.32 Å². The van der Waals surface area contributed by atoms with Crippen LogP contribution in [0, 0.1) is 5.82 Å². The fourth-order valence-electron chi connectivity index (χ4n) is 2.35. The number of nitrogens with one attached hydrogen (secondary N) is 1. The normalized spacial score (nSPS) is 13.3. The first kappa shape index (κ1) is 12.4. The smallest absolute Gasteiger partial charge is 0.251 e. The fourth-order valence-corrected chi connectivity index (χ4v) is 3.55. The van der Waals surface area contributed by atoms with Gasteiger partial charge in [0.15, 0.2) is 0 Å². The van der Waals surface area contributed by atoms with Gasteiger partial charge in [-0.25, -0.2) is 4.39 Å². The van der Waals surface area contributed by atoms with Crippen molar-refractivity contribution in [2.75, 3.05) is 0 Å². The Morgan fingerprint density at radius 1 is 1.26 bits per heavy atom. The van der Waals surface area contributed by atoms with E-state index in [1.54, 1.807) is 11.3 Å². The molecule has 0 saturated heterocycles. The van der Waals surface area contributed by atoms with E-state index in [2.05, 4.69) is 11.4 Å². The molecular formula is C15H14FNOS. The summed E-state index contributed by atoms with van der Waals surface area (Å²) < 4.78 is 12.8. The second-order valence-corrected chi connectivity index (χ2v) is 5.93. The molecule has 0 spiro atoms. The summed E-state index contributed by atoms with van der Waals surface area (Å²) in [7, 11) is 0. The maximum absolute atomic E-state index is 12.8. The van der Waals surface area contributed by atoms with Crippen molar-refractivity contribution in [3.8, 4) is 0 Å². The zero-order chi connectivity index (χ0) is 13.2. The molecule has 0 unspecified atom stereocenters. The molecule has 0 fully saturated rings. The quantitative estimate of drug-likeness (QED) is 0.915. The number of aryl methyl sites for hydroxylation is 2. The van der Waals surface area contributed by atoms with E-state index >= 15 is 0 Å². The minimum Gasteiger partial charge on any atom is -0.347 e. The SMILES string of the molecule is O=C(NCc1cc2c(s1)CCC2)c1ccc(F)cc1. The maximum atomic E-state index is 12.8. The molecule has 1 aliphatic carbocycles. The van der Waals surface area contributed by atoms with Gasteiger partial charge in [-0.3, -0.25) is 4.79 Å². The fraction of sp³-hybridized carbons (Fsp3) is 0.267. The number of hydrogen-bond donors (Lipinski definition) is 1. The zero-order valence-electron chi connectivity index (χ0n) is 10.4. The van der Waals surface area contributed by atoms with E-state index in [1.165, 1.54) is 52.4 Å². The molecule has 0 atom stereocenters. The van der Waals surface area contributed by atoms with Crippen molar-refractivity contribution in [3.63, 3.8) is 0 Å². The van der Waals surface area contributed by atoms with Crippen LogP contribution in [0.5, 0.6) is 0 Å². The number of hydrogen-bond acceptors (Lipinski definition) is 2. The summed E-state index contributed by atoms with van der Waals surface area (Å²) >= 11 is 1.79. The molecule has 0 radical (unpaired) electrons. The molecule has 1 aromatic heterocycles. The number of rotatable bonds is 3. The van der Waals surface area contributed by atoms with E-state index in [0.717, 1.165) is 6.42 Å². The van der Waals surface area contributed by atoms with Crippen molar-refractivity contribution >= 4 is 17.2 Å². The van der Waals surface area contributed by atoms with Gasteiger partial charge in [0.2, 0.25) is 0 Å². The second kappa shape index (κ2) is 5.13. The van der Waals surface area contributed by atoms with Gasteiger partial charge in [0.05, 0.1) is 6.54 Å². The first-order chi connectivity index (χ1) is 9.22. The highest BCUT2D eigenvalue weighted by Gasteiger charge is 2.15. The average molecular weight is 275 g/mol. The van der Waals surface area contributed by atoms with E-state index in [0.29, 0.717) is 12.1 Å². The van der Waals surface area contributed by atoms with Gasteiger partial charge in [0.1, 0.15) is 5.82 Å². The van der Waals surface area contributed by atoms with E-state index < -0.39 is 0 Å². The first-order valence-corrected chi connectivity index (χ1v) is 7.18. The van der Waals surface area contributed by atoms with E-state index in [-0.39, 0.29) is 11.7 Å². The highest BCUT2D eigenvalue weighted by Crippen LogP contribution is 2.30. The maximum Gasteiger partial charge on any atom is 0.251 e. The monoisotopic (exact) mass is 275 g/mol. The van der Waals surface area contributed by atoms with Crippen LogP contribution < -0.4 is 5.32 Å². The Bertz CT molecular complexity index is 582. The van der Waals surface area contributed by atoms with Crippen LogP contribution in [-0.2, 0) is 19.4 Å². The van der Waals surface area contributed by atoms with Gasteiger partial charge in [0.25, 0.3) is 5.91 Å². The van der Waals surface area contributed by atoms with Crippen LogP contribution in [-0.4, -0.2) is 5.91 Å². The minimum absolute atomic E-state index is 0.159. The van der Waals surface area contributed by atoms with Crippen LogP contribution in [0.25, 0.3) is 0 Å². The summed E-state index contributed by atoms with van der Waals surface area (Å²) in [5.41, 5.74) is 1.93. The van der Waals surface area contributed by atoms with Crippen molar-refractivity contribution in [1.82, 2.24) is 5.32 Å². The Morgan fingerprint density at radius 3 is 2.79 bits per heavy atom. The van der Waals surface area contributed by atoms with Crippen LogP contribution in [0.4, 0.5) is 4.39 Å². The number of carbonyl (C=O) groups excluding carboxylic acids is 1. The largest absolute Gasteiger partial charge is 0.347 e. The molecular weight excluding hydrogens is 261 g/mol. The van der Waals surface area contributed by atoms with Gasteiger partial charge in [-0.15, -0.1) is 11.3 Å². The number of amides is 1. The zero-order valence-corrected chi connectivity index (χ0v) is 11.2. The Kier molecular flexibility index (Phi) is 3.34. The van der Waals surface area contributed by atoms with Crippen LogP contribution in [0.3, 0.4) is 0 Å². The minimum atomic E-state index is -0.328. The number of fused-ring (bicyclic) bond motifs is 1. The number of carbonyl (C=O) groups is 1. The predicted molar refractivity (Wildman–Crippen MR) is 73.9 cm³/mol. The lowest BCUT2D eigenvalue weighted by atomic mass is 10.2. The first-order valence-electron chi connectivity index (χ1n) is 6.36. The van der Waals surface area contributed by atoms with Crippen LogP contribution in [0.1, 0.15) is 32.1 Å². The molecule has 0 saturated carbocycles. The molecule has 0 aliphatic heterocycles. The van der Waals surface area contributed by atoms with Gasteiger partial charge in [0, 0.05) is 15.3 Å². The lowest BCUT2D eigenvalue weighted by Crippen LogP contribution is -2.22. The highest BCUT2D eigenvalue weighted by atomic mass is 32.1. The van der Waals surface area contributed by atoms with Crippen molar-refractivity contribution in [3.05, 3.63) is 57.0 Å². The Morgan fingerprint density at radius 2 is 2.05 bits per heavy atom. The van der Waals surface area contributed by atoms with Crippen LogP contribution in [0.15, 0.2) is 30.3 Å². The van der Waals surface area contributed by atoms with Crippen molar-refractivity contribution in [2.24, 2.45) is 0 Å². The molecule has 1 heterocycles. The summed E-state index contributed by atoms with van der Waals surface area (Å²) in [6, 6.07) is 7.79. The molecule has 2 aromatic rings. The van der Waals surface area contributed by atoms with Gasteiger partial charge in [-0.2, -0.15) is 0 Å². The van der Waals surface area contributed by atoms with Crippen molar-refractivity contribution in [2.45, 2.75) is 25.8 Å². The summed E-state index contributed by atoms with van der Waals surface area (Å²) in [4.78, 5) is 14.5. The molecule has 4 heteroatoms. The summed E-state index contributed by atoms with van der Waals surface area (Å²) in [5.74, 6) is -0.486. The summed E-state index contributed by atoms with van der Waals surface area (Å²) in [6.07, 6.45) is 3.59. The predicted octanol–water partition coefficient (Wildman–Crippen LogP) is 3.31. The molecule has 1 N–H and O–H groups in total. The van der Waals surface area contributed by atoms with Gasteiger partial charge in [-0.1, -0.05) is 0 Å². The molecule has 3 rings (SSSR count). The topological polar surface area (TPSA) is 29.1 Å². The third kappa shape index (κ3) is 2.68. The Hall–Kier alpha value is -1.68. The number of halogens is 1. The van der Waals surface area contributed by atoms with Crippen molar-refractivity contribution < 1.29 is 9.18 Å². The van der Waals surface area contributed by atoms with E-state index in [4.69, 9.17) is 0 Å². The lowest BCUT2D eigenvalue weighted by molar-refractivity contribution is 0.0951. The third-order valence-corrected chi connectivity index (χ3v) is 4.56. The molecule has 1 aromatic carbocycles. The standard InChI is InChI=1S/C15H14FNOS/c16-12-6-4-10(5-7-12)15(18)17-9-13-8-11-2-1-3-14(11)19-13/h4-8H,1-3,9H2,(H,17,18). The molecule has 1 aliphatic rings. The van der Waals surface area contributed by atoms with Gasteiger partial charge in [-0.05, 0) is 55.2 Å². The average Bonchev–Trinajstić information content (AvgIpc) is 2.97. The van der Waals surface area contributed by atoms with Crippen LogP contribution in [0.2, 0.25) is 0 Å². The molecule has 2 nitrogen and oxygen atoms in total. The Balaban J connectivity index is 1.62. The highest BCUT2D eigenvalue weighted by molar-refractivity contribution is 7.12.